The summed E-state index contributed by atoms with van der Waals surface area (Å²) in [6.45, 7) is 4.92. The third-order valence-corrected chi connectivity index (χ3v) is 2.88. The van der Waals surface area contributed by atoms with Gasteiger partial charge in [-0.25, -0.2) is 0 Å². The minimum Gasteiger partial charge on any atom is -0.384 e. The average molecular weight is 196 g/mol. The lowest BCUT2D eigenvalue weighted by atomic mass is 9.99. The van der Waals surface area contributed by atoms with Crippen LogP contribution in [-0.4, -0.2) is 37.7 Å². The molecule has 80 valence electrons. The molecule has 0 N–H and O–H groups in total. The first-order valence-corrected chi connectivity index (χ1v) is 5.42. The molecular formula is C11H20N2O. The maximum absolute atomic E-state index is 9.13. The molecule has 0 aromatic rings. The van der Waals surface area contributed by atoms with E-state index < -0.39 is 0 Å². The zero-order valence-electron chi connectivity index (χ0n) is 9.20. The van der Waals surface area contributed by atoms with Crippen molar-refractivity contribution in [1.82, 2.24) is 4.90 Å². The number of likely N-dealkylation sites (tertiary alicyclic amines) is 1. The van der Waals surface area contributed by atoms with Crippen LogP contribution in [0, 0.1) is 17.2 Å². The van der Waals surface area contributed by atoms with Crippen molar-refractivity contribution in [3.05, 3.63) is 0 Å². The Hall–Kier alpha value is -0.590. The van der Waals surface area contributed by atoms with Gasteiger partial charge in [-0.2, -0.15) is 5.26 Å². The minimum atomic E-state index is 0.0373. The van der Waals surface area contributed by atoms with Gasteiger partial charge in [0.05, 0.1) is 12.7 Å². The van der Waals surface area contributed by atoms with Crippen molar-refractivity contribution in [3.8, 4) is 6.07 Å². The Balaban J connectivity index is 2.47. The first kappa shape index (κ1) is 11.5. The Kier molecular flexibility index (Phi) is 4.92. The number of hydrogen-bond donors (Lipinski definition) is 0. The lowest BCUT2D eigenvalue weighted by Crippen LogP contribution is -2.43. The SMILES string of the molecule is COCC(C)C(C#N)N1CCCCC1. The number of piperidine rings is 1. The molecule has 1 saturated heterocycles. The third-order valence-electron chi connectivity index (χ3n) is 2.88. The summed E-state index contributed by atoms with van der Waals surface area (Å²) in [7, 11) is 1.70. The van der Waals surface area contributed by atoms with Crippen molar-refractivity contribution in [2.45, 2.75) is 32.2 Å². The maximum Gasteiger partial charge on any atom is 0.103 e. The lowest BCUT2D eigenvalue weighted by molar-refractivity contribution is 0.0942. The van der Waals surface area contributed by atoms with Crippen molar-refractivity contribution in [1.29, 1.82) is 5.26 Å². The lowest BCUT2D eigenvalue weighted by Gasteiger charge is -2.33. The van der Waals surface area contributed by atoms with E-state index in [2.05, 4.69) is 17.9 Å². The number of hydrogen-bond acceptors (Lipinski definition) is 3. The van der Waals surface area contributed by atoms with Gasteiger partial charge in [0, 0.05) is 13.0 Å². The van der Waals surface area contributed by atoms with Crippen LogP contribution >= 0.6 is 0 Å². The summed E-state index contributed by atoms with van der Waals surface area (Å²) in [6.07, 6.45) is 3.78. The van der Waals surface area contributed by atoms with Gasteiger partial charge >= 0.3 is 0 Å². The van der Waals surface area contributed by atoms with E-state index in [1.165, 1.54) is 19.3 Å². The summed E-state index contributed by atoms with van der Waals surface area (Å²) in [5.74, 6) is 0.308. The van der Waals surface area contributed by atoms with Gasteiger partial charge in [-0.3, -0.25) is 4.90 Å². The predicted octanol–water partition coefficient (Wildman–Crippen LogP) is 1.65. The Bertz CT molecular complexity index is 194. The van der Waals surface area contributed by atoms with Crippen LogP contribution in [0.1, 0.15) is 26.2 Å². The molecule has 0 aromatic heterocycles. The highest BCUT2D eigenvalue weighted by atomic mass is 16.5. The molecule has 3 heteroatoms. The highest BCUT2D eigenvalue weighted by Gasteiger charge is 2.25. The van der Waals surface area contributed by atoms with Crippen LogP contribution in [-0.2, 0) is 4.74 Å². The number of nitrogens with zero attached hydrogens (tertiary/aromatic N) is 2. The second-order valence-electron chi connectivity index (χ2n) is 4.10. The predicted molar refractivity (Wildman–Crippen MR) is 55.9 cm³/mol. The van der Waals surface area contributed by atoms with E-state index in [-0.39, 0.29) is 6.04 Å². The quantitative estimate of drug-likeness (QED) is 0.686. The van der Waals surface area contributed by atoms with Gasteiger partial charge in [0.25, 0.3) is 0 Å². The van der Waals surface area contributed by atoms with Gasteiger partial charge in [0.2, 0.25) is 0 Å². The van der Waals surface area contributed by atoms with Crippen LogP contribution in [0.3, 0.4) is 0 Å². The fourth-order valence-electron chi connectivity index (χ4n) is 2.12. The molecule has 0 aliphatic carbocycles. The first-order valence-electron chi connectivity index (χ1n) is 5.42. The summed E-state index contributed by atoms with van der Waals surface area (Å²) < 4.78 is 5.10. The van der Waals surface area contributed by atoms with E-state index in [9.17, 15) is 0 Å². The molecule has 1 fully saturated rings. The van der Waals surface area contributed by atoms with Crippen LogP contribution < -0.4 is 0 Å². The Morgan fingerprint density at radius 1 is 1.36 bits per heavy atom. The molecule has 2 unspecified atom stereocenters. The van der Waals surface area contributed by atoms with E-state index in [1.807, 2.05) is 0 Å². The summed E-state index contributed by atoms with van der Waals surface area (Å²) in [6, 6.07) is 2.44. The fraction of sp³-hybridized carbons (Fsp3) is 0.909. The third kappa shape index (κ3) is 2.97. The Morgan fingerprint density at radius 3 is 2.50 bits per heavy atom. The molecule has 3 nitrogen and oxygen atoms in total. The van der Waals surface area contributed by atoms with Crippen molar-refractivity contribution in [2.75, 3.05) is 26.8 Å². The average Bonchev–Trinajstić information content (AvgIpc) is 2.21. The van der Waals surface area contributed by atoms with Crippen LogP contribution in [0.15, 0.2) is 0 Å². The highest BCUT2D eigenvalue weighted by molar-refractivity contribution is 4.95. The smallest absolute Gasteiger partial charge is 0.103 e. The fourth-order valence-corrected chi connectivity index (χ4v) is 2.12. The molecular weight excluding hydrogens is 176 g/mol. The van der Waals surface area contributed by atoms with Gasteiger partial charge in [0.15, 0.2) is 0 Å². The zero-order valence-corrected chi connectivity index (χ0v) is 9.20. The van der Waals surface area contributed by atoms with Gasteiger partial charge < -0.3 is 4.74 Å². The molecule has 14 heavy (non-hydrogen) atoms. The van der Waals surface area contributed by atoms with Crippen molar-refractivity contribution in [2.24, 2.45) is 5.92 Å². The van der Waals surface area contributed by atoms with Crippen LogP contribution in [0.5, 0.6) is 0 Å². The second kappa shape index (κ2) is 6.00. The largest absolute Gasteiger partial charge is 0.384 e. The topological polar surface area (TPSA) is 36.3 Å². The zero-order chi connectivity index (χ0) is 10.4. The molecule has 0 aromatic carbocycles. The van der Waals surface area contributed by atoms with Crippen molar-refractivity contribution < 1.29 is 4.74 Å². The Morgan fingerprint density at radius 2 is 2.00 bits per heavy atom. The van der Waals surface area contributed by atoms with E-state index >= 15 is 0 Å². The van der Waals surface area contributed by atoms with E-state index in [0.29, 0.717) is 12.5 Å². The highest BCUT2D eigenvalue weighted by Crippen LogP contribution is 2.17. The van der Waals surface area contributed by atoms with Gasteiger partial charge in [-0.1, -0.05) is 13.3 Å². The number of methoxy groups -OCH3 is 1. The van der Waals surface area contributed by atoms with Gasteiger partial charge in [-0.15, -0.1) is 0 Å². The molecule has 0 bridgehead atoms. The molecule has 1 rings (SSSR count). The van der Waals surface area contributed by atoms with E-state index in [1.54, 1.807) is 7.11 Å². The Labute approximate surface area is 86.6 Å². The first-order chi connectivity index (χ1) is 6.79. The normalized spacial score (nSPS) is 22.6. The monoisotopic (exact) mass is 196 g/mol. The van der Waals surface area contributed by atoms with Crippen LogP contribution in [0.25, 0.3) is 0 Å². The standard InChI is InChI=1S/C11H20N2O/c1-10(9-14-2)11(8-12)13-6-4-3-5-7-13/h10-11H,3-7,9H2,1-2H3. The maximum atomic E-state index is 9.13. The number of ether oxygens (including phenoxy) is 1. The van der Waals surface area contributed by atoms with Crippen LogP contribution in [0.4, 0.5) is 0 Å². The van der Waals surface area contributed by atoms with E-state index in [4.69, 9.17) is 10.00 Å². The molecule has 0 amide bonds. The number of nitriles is 1. The van der Waals surface area contributed by atoms with Crippen molar-refractivity contribution >= 4 is 0 Å². The summed E-state index contributed by atoms with van der Waals surface area (Å²) in [5.41, 5.74) is 0. The summed E-state index contributed by atoms with van der Waals surface area (Å²) in [5, 5.41) is 9.13. The second-order valence-corrected chi connectivity index (χ2v) is 4.10. The molecule has 1 aliphatic heterocycles. The number of rotatable bonds is 4. The molecule has 1 heterocycles. The van der Waals surface area contributed by atoms with Gasteiger partial charge in [-0.05, 0) is 25.9 Å². The summed E-state index contributed by atoms with van der Waals surface area (Å²) in [4.78, 5) is 2.30. The van der Waals surface area contributed by atoms with Crippen LogP contribution in [0.2, 0.25) is 0 Å². The molecule has 1 aliphatic rings. The minimum absolute atomic E-state index is 0.0373. The molecule has 2 atom stereocenters. The molecule has 0 saturated carbocycles. The van der Waals surface area contributed by atoms with E-state index in [0.717, 1.165) is 13.1 Å². The molecule has 0 radical (unpaired) electrons. The van der Waals surface area contributed by atoms with Crippen molar-refractivity contribution in [3.63, 3.8) is 0 Å². The summed E-state index contributed by atoms with van der Waals surface area (Å²) >= 11 is 0. The molecule has 0 spiro atoms. The van der Waals surface area contributed by atoms with Gasteiger partial charge in [0.1, 0.15) is 6.04 Å².